The quantitative estimate of drug-likeness (QED) is 0.237. The first-order valence-electron chi connectivity index (χ1n) is 13.1. The van der Waals surface area contributed by atoms with Gasteiger partial charge in [0.25, 0.3) is 5.91 Å². The number of amides is 2. The third-order valence-electron chi connectivity index (χ3n) is 6.86. The summed E-state index contributed by atoms with van der Waals surface area (Å²) in [6.07, 6.45) is 2.63. The number of allylic oxidation sites excluding steroid dienone is 1. The number of carbonyl (C=O) groups is 2. The molecule has 0 bridgehead atoms. The fourth-order valence-corrected chi connectivity index (χ4v) is 4.84. The molecular weight excluding hydrogens is 492 g/mol. The largest absolute Gasteiger partial charge is 0.457 e. The van der Waals surface area contributed by atoms with Crippen molar-refractivity contribution in [2.45, 2.75) is 53.0 Å². The molecule has 39 heavy (non-hydrogen) atoms. The summed E-state index contributed by atoms with van der Waals surface area (Å²) in [6, 6.07) is 13.0. The van der Waals surface area contributed by atoms with Crippen LogP contribution in [0.4, 0.5) is 17.3 Å². The van der Waals surface area contributed by atoms with Gasteiger partial charge in [-0.3, -0.25) is 14.7 Å². The Morgan fingerprint density at radius 3 is 2.69 bits per heavy atom. The van der Waals surface area contributed by atoms with Crippen molar-refractivity contribution in [1.82, 2.24) is 15.1 Å². The van der Waals surface area contributed by atoms with Gasteiger partial charge in [-0.05, 0) is 80.4 Å². The van der Waals surface area contributed by atoms with Crippen LogP contribution in [-0.2, 0) is 4.79 Å². The van der Waals surface area contributed by atoms with Gasteiger partial charge in [-0.15, -0.1) is 0 Å². The molecule has 0 unspecified atom stereocenters. The minimum Gasteiger partial charge on any atom is -0.457 e. The number of aryl methyl sites for hydroxylation is 1. The number of H-pyrrole nitrogens is 1. The van der Waals surface area contributed by atoms with E-state index in [1.54, 1.807) is 31.2 Å². The number of aromatic nitrogens is 2. The lowest BCUT2D eigenvalue weighted by Gasteiger charge is -2.17. The molecule has 204 valence electrons. The molecule has 0 aliphatic carbocycles. The number of nitrogens with one attached hydrogen (secondary N) is 3. The second-order valence-corrected chi connectivity index (χ2v) is 10.0. The summed E-state index contributed by atoms with van der Waals surface area (Å²) < 4.78 is 6.25. The smallest absolute Gasteiger partial charge is 0.255 e. The predicted molar refractivity (Wildman–Crippen MR) is 156 cm³/mol. The normalized spacial score (nSPS) is 15.4. The van der Waals surface area contributed by atoms with E-state index < -0.39 is 0 Å². The van der Waals surface area contributed by atoms with Gasteiger partial charge in [0.05, 0.1) is 0 Å². The van der Waals surface area contributed by atoms with E-state index in [2.05, 4.69) is 59.4 Å². The van der Waals surface area contributed by atoms with Gasteiger partial charge in [0, 0.05) is 37.3 Å². The van der Waals surface area contributed by atoms with Crippen LogP contribution in [0, 0.1) is 6.92 Å². The molecule has 3 N–H and O–H groups in total. The molecule has 2 heterocycles. The number of rotatable bonds is 9. The molecule has 1 saturated heterocycles. The summed E-state index contributed by atoms with van der Waals surface area (Å²) >= 11 is 0. The Labute approximate surface area is 229 Å². The number of aliphatic imine (C=N–C) groups is 1. The van der Waals surface area contributed by atoms with Gasteiger partial charge < -0.3 is 20.3 Å². The molecule has 0 radical (unpaired) electrons. The molecule has 9 heteroatoms. The van der Waals surface area contributed by atoms with E-state index in [9.17, 15) is 9.59 Å². The van der Waals surface area contributed by atoms with E-state index in [0.29, 0.717) is 53.3 Å². The highest BCUT2D eigenvalue weighted by Crippen LogP contribution is 2.34. The van der Waals surface area contributed by atoms with Crippen molar-refractivity contribution in [2.24, 2.45) is 4.99 Å². The Kier molecular flexibility index (Phi) is 8.49. The van der Waals surface area contributed by atoms with Crippen LogP contribution in [0.1, 0.15) is 67.1 Å². The highest BCUT2D eigenvalue weighted by Gasteiger charge is 2.27. The number of anilines is 2. The van der Waals surface area contributed by atoms with Gasteiger partial charge in [-0.1, -0.05) is 26.0 Å². The zero-order valence-electron chi connectivity index (χ0n) is 23.2. The first-order chi connectivity index (χ1) is 18.7. The van der Waals surface area contributed by atoms with Gasteiger partial charge >= 0.3 is 0 Å². The van der Waals surface area contributed by atoms with Crippen LogP contribution < -0.4 is 15.4 Å². The molecule has 1 fully saturated rings. The van der Waals surface area contributed by atoms with E-state index in [1.165, 1.54) is 5.56 Å². The molecular formula is C30H36N6O3. The molecule has 1 aliphatic heterocycles. The molecule has 9 nitrogen and oxygen atoms in total. The molecule has 0 saturated carbocycles. The van der Waals surface area contributed by atoms with Crippen molar-refractivity contribution in [1.29, 1.82) is 0 Å². The topological polar surface area (TPSA) is 112 Å². The van der Waals surface area contributed by atoms with Crippen LogP contribution in [-0.4, -0.2) is 52.8 Å². The summed E-state index contributed by atoms with van der Waals surface area (Å²) in [4.78, 5) is 30.7. The Balaban J connectivity index is 1.51. The summed E-state index contributed by atoms with van der Waals surface area (Å²) in [5.74, 6) is 2.27. The summed E-state index contributed by atoms with van der Waals surface area (Å²) in [5, 5.41) is 13.7. The second kappa shape index (κ2) is 12.0. The first kappa shape index (κ1) is 27.6. The maximum absolute atomic E-state index is 13.0. The Morgan fingerprint density at radius 1 is 1.26 bits per heavy atom. The van der Waals surface area contributed by atoms with Crippen molar-refractivity contribution in [3.8, 4) is 5.75 Å². The fourth-order valence-electron chi connectivity index (χ4n) is 4.84. The van der Waals surface area contributed by atoms with Crippen LogP contribution >= 0.6 is 0 Å². The number of likely N-dealkylation sites (tertiary alicyclic amines) is 1. The summed E-state index contributed by atoms with van der Waals surface area (Å²) in [7, 11) is 0. The number of aromatic amines is 1. The van der Waals surface area contributed by atoms with Gasteiger partial charge in [0.2, 0.25) is 5.91 Å². The van der Waals surface area contributed by atoms with Gasteiger partial charge in [0.1, 0.15) is 22.9 Å². The molecule has 4 rings (SSSR count). The third kappa shape index (κ3) is 6.37. The standard InChI is InChI=1S/C30H36N6O3/c1-7-26(27-28(31-6)34-35-29(27)32-23-13-14-36(17-23)20(5)37)39-24-10-8-9-21(16-24)30(38)33-22-11-12-25(18(2)3)19(4)15-22/h7-12,15-16,18,23H,6,13-14,17H2,1-5H3,(H,33,38)(H2,32,34,35)/b26-7+/t23-/m1/s1. The minimum atomic E-state index is -0.227. The van der Waals surface area contributed by atoms with E-state index >= 15 is 0 Å². The third-order valence-corrected chi connectivity index (χ3v) is 6.86. The number of nitrogens with zero attached hydrogens (tertiary/aromatic N) is 3. The van der Waals surface area contributed by atoms with E-state index in [0.717, 1.165) is 17.7 Å². The average molecular weight is 529 g/mol. The Morgan fingerprint density at radius 2 is 2.05 bits per heavy atom. The lowest BCUT2D eigenvalue weighted by Crippen LogP contribution is -2.29. The SMILES string of the molecule is C=Nc1n[nH]c(N[C@@H]2CCN(C(C)=O)C2)c1/C(=C\C)Oc1cccc(C(=O)Nc2ccc(C(C)C)c(C)c2)c1. The van der Waals surface area contributed by atoms with E-state index in [1.807, 2.05) is 30.0 Å². The Hall–Kier alpha value is -4.40. The lowest BCUT2D eigenvalue weighted by molar-refractivity contribution is -0.127. The van der Waals surface area contributed by atoms with E-state index in [4.69, 9.17) is 4.74 Å². The molecule has 2 aromatic carbocycles. The predicted octanol–water partition coefficient (Wildman–Crippen LogP) is 5.90. The van der Waals surface area contributed by atoms with Gasteiger partial charge in [-0.2, -0.15) is 5.10 Å². The number of hydrogen-bond acceptors (Lipinski definition) is 6. The molecule has 1 aliphatic rings. The first-order valence-corrected chi connectivity index (χ1v) is 13.1. The van der Waals surface area contributed by atoms with Crippen molar-refractivity contribution in [3.63, 3.8) is 0 Å². The number of benzene rings is 2. The van der Waals surface area contributed by atoms with Crippen molar-refractivity contribution < 1.29 is 14.3 Å². The lowest BCUT2D eigenvalue weighted by atomic mass is 9.97. The highest BCUT2D eigenvalue weighted by atomic mass is 16.5. The van der Waals surface area contributed by atoms with Gasteiger partial charge in [-0.25, -0.2) is 4.99 Å². The fraction of sp³-hybridized carbons (Fsp3) is 0.333. The van der Waals surface area contributed by atoms with Crippen LogP contribution in [0.5, 0.6) is 5.75 Å². The Bertz CT molecular complexity index is 1410. The number of ether oxygens (including phenoxy) is 1. The second-order valence-electron chi connectivity index (χ2n) is 10.0. The average Bonchev–Trinajstić information content (AvgIpc) is 3.54. The molecule has 1 atom stereocenters. The van der Waals surface area contributed by atoms with Crippen LogP contribution in [0.25, 0.3) is 5.76 Å². The maximum Gasteiger partial charge on any atom is 0.255 e. The molecule has 0 spiro atoms. The van der Waals surface area contributed by atoms with Gasteiger partial charge in [0.15, 0.2) is 5.82 Å². The van der Waals surface area contributed by atoms with Crippen LogP contribution in [0.15, 0.2) is 53.5 Å². The summed E-state index contributed by atoms with van der Waals surface area (Å²) in [5.41, 5.74) is 4.24. The number of carbonyl (C=O) groups excluding carboxylic acids is 2. The molecule has 2 amide bonds. The molecule has 3 aromatic rings. The monoisotopic (exact) mass is 528 g/mol. The maximum atomic E-state index is 13.0. The molecule has 1 aromatic heterocycles. The van der Waals surface area contributed by atoms with Crippen LogP contribution in [0.3, 0.4) is 0 Å². The van der Waals surface area contributed by atoms with E-state index in [-0.39, 0.29) is 17.9 Å². The van der Waals surface area contributed by atoms with Crippen LogP contribution in [0.2, 0.25) is 0 Å². The minimum absolute atomic E-state index is 0.0571. The highest BCUT2D eigenvalue weighted by molar-refractivity contribution is 6.04. The van der Waals surface area contributed by atoms with Crippen molar-refractivity contribution >= 4 is 41.6 Å². The summed E-state index contributed by atoms with van der Waals surface area (Å²) in [6.45, 7) is 14.7. The zero-order valence-corrected chi connectivity index (χ0v) is 23.2. The van der Waals surface area contributed by atoms with Crippen molar-refractivity contribution in [3.05, 3.63) is 70.8 Å². The van der Waals surface area contributed by atoms with Crippen molar-refractivity contribution in [2.75, 3.05) is 23.7 Å². The zero-order chi connectivity index (χ0) is 28.1. The number of hydrogen-bond donors (Lipinski definition) is 3.